The van der Waals surface area contributed by atoms with Gasteiger partial charge in [0.05, 0.1) is 7.11 Å². The van der Waals surface area contributed by atoms with Crippen LogP contribution in [-0.4, -0.2) is 54.1 Å². The molecule has 0 N–H and O–H groups in total. The summed E-state index contributed by atoms with van der Waals surface area (Å²) in [6.07, 6.45) is 0. The van der Waals surface area contributed by atoms with Crippen molar-refractivity contribution in [3.05, 3.63) is 46.2 Å². The number of hydrogen-bond acceptors (Lipinski definition) is 5. The summed E-state index contributed by atoms with van der Waals surface area (Å²) >= 11 is 3.39. The Morgan fingerprint density at radius 2 is 1.79 bits per heavy atom. The number of carbonyl (C=O) groups excluding carboxylic acids is 1. The number of benzene rings is 1. The van der Waals surface area contributed by atoms with Crippen molar-refractivity contribution in [1.82, 2.24) is 14.9 Å². The van der Waals surface area contributed by atoms with Crippen LogP contribution in [0.5, 0.6) is 5.88 Å². The van der Waals surface area contributed by atoms with Crippen molar-refractivity contribution in [2.45, 2.75) is 6.92 Å². The number of methoxy groups -OCH3 is 1. The highest BCUT2D eigenvalue weighted by Crippen LogP contribution is 2.20. The summed E-state index contributed by atoms with van der Waals surface area (Å²) in [5.41, 5.74) is 0.714. The van der Waals surface area contributed by atoms with E-state index in [1.165, 1.54) is 0 Å². The van der Waals surface area contributed by atoms with E-state index in [-0.39, 0.29) is 5.91 Å². The van der Waals surface area contributed by atoms with E-state index in [0.29, 0.717) is 30.4 Å². The summed E-state index contributed by atoms with van der Waals surface area (Å²) in [5.74, 6) is 2.15. The Morgan fingerprint density at radius 1 is 1.12 bits per heavy atom. The summed E-state index contributed by atoms with van der Waals surface area (Å²) in [4.78, 5) is 25.3. The molecule has 3 rings (SSSR count). The fraction of sp³-hybridized carbons (Fsp3) is 0.353. The lowest BCUT2D eigenvalue weighted by molar-refractivity contribution is 0.0746. The molecule has 0 unspecified atom stereocenters. The van der Waals surface area contributed by atoms with Gasteiger partial charge < -0.3 is 14.5 Å². The minimum atomic E-state index is 0.0681. The zero-order valence-electron chi connectivity index (χ0n) is 13.7. The van der Waals surface area contributed by atoms with Crippen LogP contribution in [0.15, 0.2) is 34.8 Å². The summed E-state index contributed by atoms with van der Waals surface area (Å²) in [7, 11) is 1.60. The third kappa shape index (κ3) is 3.67. The fourth-order valence-corrected chi connectivity index (χ4v) is 2.97. The Kier molecular flexibility index (Phi) is 4.99. The molecule has 0 radical (unpaired) electrons. The Balaban J connectivity index is 1.66. The maximum Gasteiger partial charge on any atom is 0.253 e. The van der Waals surface area contributed by atoms with Crippen LogP contribution in [0, 0.1) is 6.92 Å². The van der Waals surface area contributed by atoms with E-state index in [0.717, 1.165) is 23.4 Å². The number of rotatable bonds is 3. The number of aromatic nitrogens is 2. The van der Waals surface area contributed by atoms with Gasteiger partial charge in [-0.3, -0.25) is 4.79 Å². The highest BCUT2D eigenvalue weighted by Gasteiger charge is 2.23. The summed E-state index contributed by atoms with van der Waals surface area (Å²) in [5, 5.41) is 0. The van der Waals surface area contributed by atoms with Gasteiger partial charge >= 0.3 is 0 Å². The number of aryl methyl sites for hydroxylation is 1. The molecule has 2 heterocycles. The van der Waals surface area contributed by atoms with Crippen molar-refractivity contribution in [2.24, 2.45) is 0 Å². The average Bonchev–Trinajstić information content (AvgIpc) is 2.61. The lowest BCUT2D eigenvalue weighted by atomic mass is 10.2. The van der Waals surface area contributed by atoms with Crippen LogP contribution in [0.25, 0.3) is 0 Å². The molecule has 1 aromatic carbocycles. The molecule has 2 aromatic rings. The molecule has 1 amide bonds. The zero-order chi connectivity index (χ0) is 17.1. The highest BCUT2D eigenvalue weighted by molar-refractivity contribution is 9.10. The Bertz CT molecular complexity index is 728. The largest absolute Gasteiger partial charge is 0.481 e. The smallest absolute Gasteiger partial charge is 0.253 e. The van der Waals surface area contributed by atoms with Gasteiger partial charge in [0, 0.05) is 42.3 Å². The molecule has 1 saturated heterocycles. The van der Waals surface area contributed by atoms with E-state index in [1.807, 2.05) is 42.2 Å². The van der Waals surface area contributed by atoms with E-state index in [2.05, 4.69) is 30.8 Å². The quantitative estimate of drug-likeness (QED) is 0.805. The topological polar surface area (TPSA) is 58.6 Å². The molecule has 0 aliphatic carbocycles. The predicted molar refractivity (Wildman–Crippen MR) is 95.6 cm³/mol. The van der Waals surface area contributed by atoms with E-state index >= 15 is 0 Å². The van der Waals surface area contributed by atoms with Crippen LogP contribution in [0.2, 0.25) is 0 Å². The average molecular weight is 391 g/mol. The molecule has 0 bridgehead atoms. The Morgan fingerprint density at radius 3 is 2.42 bits per heavy atom. The standard InChI is InChI=1S/C17H19BrN4O2/c1-12-19-15(11-16(20-12)24-2)21-7-9-22(10-8-21)17(23)13-3-5-14(18)6-4-13/h3-6,11H,7-10H2,1-2H3. The van der Waals surface area contributed by atoms with Gasteiger partial charge in [-0.1, -0.05) is 15.9 Å². The van der Waals surface area contributed by atoms with Gasteiger partial charge in [0.2, 0.25) is 5.88 Å². The first kappa shape index (κ1) is 16.7. The number of ether oxygens (including phenoxy) is 1. The molecule has 1 aliphatic rings. The second-order valence-corrected chi connectivity index (χ2v) is 6.52. The van der Waals surface area contributed by atoms with Crippen molar-refractivity contribution in [2.75, 3.05) is 38.2 Å². The molecule has 1 fully saturated rings. The summed E-state index contributed by atoms with van der Waals surface area (Å²) in [6.45, 7) is 4.66. The zero-order valence-corrected chi connectivity index (χ0v) is 15.3. The molecule has 0 saturated carbocycles. The van der Waals surface area contributed by atoms with Gasteiger partial charge in [-0.25, -0.2) is 4.98 Å². The van der Waals surface area contributed by atoms with E-state index in [1.54, 1.807) is 7.11 Å². The molecule has 24 heavy (non-hydrogen) atoms. The normalized spacial score (nSPS) is 14.6. The van der Waals surface area contributed by atoms with Gasteiger partial charge in [0.1, 0.15) is 11.6 Å². The Labute approximate surface area is 149 Å². The minimum absolute atomic E-state index is 0.0681. The lowest BCUT2D eigenvalue weighted by Gasteiger charge is -2.35. The first-order valence-corrected chi connectivity index (χ1v) is 8.55. The van der Waals surface area contributed by atoms with E-state index in [4.69, 9.17) is 4.74 Å². The number of piperazine rings is 1. The number of nitrogens with zero attached hydrogens (tertiary/aromatic N) is 4. The van der Waals surface area contributed by atoms with E-state index in [9.17, 15) is 4.79 Å². The number of amides is 1. The maximum atomic E-state index is 12.6. The van der Waals surface area contributed by atoms with Crippen LogP contribution in [0.3, 0.4) is 0 Å². The van der Waals surface area contributed by atoms with Crippen LogP contribution >= 0.6 is 15.9 Å². The van der Waals surface area contributed by atoms with Crippen molar-refractivity contribution < 1.29 is 9.53 Å². The van der Waals surface area contributed by atoms with Gasteiger partial charge in [0.25, 0.3) is 5.91 Å². The van der Waals surface area contributed by atoms with Crippen LogP contribution in [-0.2, 0) is 0 Å². The molecule has 1 aliphatic heterocycles. The fourth-order valence-electron chi connectivity index (χ4n) is 2.71. The Hall–Kier alpha value is -2.15. The summed E-state index contributed by atoms with van der Waals surface area (Å²) in [6, 6.07) is 9.30. The molecule has 126 valence electrons. The lowest BCUT2D eigenvalue weighted by Crippen LogP contribution is -2.49. The molecule has 7 heteroatoms. The molecular formula is C17H19BrN4O2. The van der Waals surface area contributed by atoms with Crippen LogP contribution in [0.1, 0.15) is 16.2 Å². The second kappa shape index (κ2) is 7.17. The minimum Gasteiger partial charge on any atom is -0.481 e. The molecule has 1 aromatic heterocycles. The third-order valence-corrected chi connectivity index (χ3v) is 4.52. The summed E-state index contributed by atoms with van der Waals surface area (Å²) < 4.78 is 6.18. The molecule has 6 nitrogen and oxygen atoms in total. The van der Waals surface area contributed by atoms with Gasteiger partial charge in [0.15, 0.2) is 0 Å². The maximum absolute atomic E-state index is 12.6. The second-order valence-electron chi connectivity index (χ2n) is 5.60. The van der Waals surface area contributed by atoms with E-state index < -0.39 is 0 Å². The van der Waals surface area contributed by atoms with Crippen LogP contribution < -0.4 is 9.64 Å². The first-order valence-electron chi connectivity index (χ1n) is 7.76. The van der Waals surface area contributed by atoms with Gasteiger partial charge in [-0.05, 0) is 31.2 Å². The molecule has 0 spiro atoms. The van der Waals surface area contributed by atoms with Crippen molar-refractivity contribution in [1.29, 1.82) is 0 Å². The molecule has 0 atom stereocenters. The van der Waals surface area contributed by atoms with Crippen molar-refractivity contribution in [3.8, 4) is 5.88 Å². The third-order valence-electron chi connectivity index (χ3n) is 3.99. The first-order chi connectivity index (χ1) is 11.6. The number of hydrogen-bond donors (Lipinski definition) is 0. The monoisotopic (exact) mass is 390 g/mol. The van der Waals surface area contributed by atoms with Gasteiger partial charge in [-0.15, -0.1) is 0 Å². The van der Waals surface area contributed by atoms with Crippen LogP contribution in [0.4, 0.5) is 5.82 Å². The van der Waals surface area contributed by atoms with Crippen molar-refractivity contribution in [3.63, 3.8) is 0 Å². The number of carbonyl (C=O) groups is 1. The predicted octanol–water partition coefficient (Wildman–Crippen LogP) is 2.52. The van der Waals surface area contributed by atoms with Crippen molar-refractivity contribution >= 4 is 27.7 Å². The highest BCUT2D eigenvalue weighted by atomic mass is 79.9. The SMILES string of the molecule is COc1cc(N2CCN(C(=O)c3ccc(Br)cc3)CC2)nc(C)n1. The van der Waals surface area contributed by atoms with Gasteiger partial charge in [-0.2, -0.15) is 4.98 Å². The number of halogens is 1. The molecular weight excluding hydrogens is 372 g/mol. The number of anilines is 1.